The van der Waals surface area contributed by atoms with Gasteiger partial charge in [-0.1, -0.05) is 6.42 Å². The molecule has 0 bridgehead atoms. The maximum Gasteiger partial charge on any atom is 0.267 e. The summed E-state index contributed by atoms with van der Waals surface area (Å²) in [6, 6.07) is 4.46. The fourth-order valence-corrected chi connectivity index (χ4v) is 3.69. The zero-order valence-electron chi connectivity index (χ0n) is 14.6. The van der Waals surface area contributed by atoms with Crippen molar-refractivity contribution in [1.29, 1.82) is 0 Å². The third kappa shape index (κ3) is 3.53. The van der Waals surface area contributed by atoms with E-state index in [0.29, 0.717) is 6.04 Å². The van der Waals surface area contributed by atoms with Crippen LogP contribution >= 0.6 is 0 Å². The summed E-state index contributed by atoms with van der Waals surface area (Å²) in [6.07, 6.45) is 10.5. The number of hydrogen-bond acceptors (Lipinski definition) is 3. The zero-order chi connectivity index (χ0) is 16.9. The maximum absolute atomic E-state index is 12.0. The Morgan fingerprint density at radius 2 is 2.21 bits per heavy atom. The topological polar surface area (TPSA) is 55.1 Å². The molecule has 2 aromatic rings. The fraction of sp³-hybridized carbons (Fsp3) is 0.556. The first-order chi connectivity index (χ1) is 11.7. The first kappa shape index (κ1) is 16.8. The van der Waals surface area contributed by atoms with Gasteiger partial charge in [0.25, 0.3) is 5.91 Å². The molecule has 1 fully saturated rings. The highest BCUT2D eigenvalue weighted by molar-refractivity contribution is 5.92. The number of aryl methyl sites for hydroxylation is 1. The number of amides is 1. The molecule has 1 amide bonds. The summed E-state index contributed by atoms with van der Waals surface area (Å²) in [5.74, 6) is -0.0220. The van der Waals surface area contributed by atoms with Crippen LogP contribution in [-0.4, -0.2) is 45.1 Å². The van der Waals surface area contributed by atoms with Crippen LogP contribution in [0.5, 0.6) is 0 Å². The molecule has 2 aromatic heterocycles. The van der Waals surface area contributed by atoms with Crippen molar-refractivity contribution in [3.05, 3.63) is 42.2 Å². The van der Waals surface area contributed by atoms with Gasteiger partial charge in [0.05, 0.1) is 12.4 Å². The second kappa shape index (κ2) is 7.66. The number of nitrogens with zero attached hydrogens (tertiary/aromatic N) is 4. The third-order valence-electron chi connectivity index (χ3n) is 5.00. The normalized spacial score (nSPS) is 18.7. The van der Waals surface area contributed by atoms with E-state index >= 15 is 0 Å². The molecule has 1 saturated heterocycles. The van der Waals surface area contributed by atoms with Gasteiger partial charge in [0.1, 0.15) is 5.69 Å². The lowest BCUT2D eigenvalue weighted by atomic mass is 9.99. The quantitative estimate of drug-likeness (QED) is 0.884. The highest BCUT2D eigenvalue weighted by atomic mass is 16.1. The van der Waals surface area contributed by atoms with Crippen molar-refractivity contribution in [2.75, 3.05) is 20.1 Å². The first-order valence-electron chi connectivity index (χ1n) is 8.78. The van der Waals surface area contributed by atoms with Crippen LogP contribution in [-0.2, 0) is 13.6 Å². The van der Waals surface area contributed by atoms with E-state index in [1.54, 1.807) is 7.05 Å². The van der Waals surface area contributed by atoms with Crippen LogP contribution in [0.3, 0.4) is 0 Å². The molecular formula is C18H27N5O. The number of carbonyl (C=O) groups excluding carboxylic acids is 1. The molecule has 0 spiro atoms. The molecule has 1 aliphatic heterocycles. The van der Waals surface area contributed by atoms with Gasteiger partial charge in [-0.25, -0.2) is 4.98 Å². The molecule has 0 aliphatic carbocycles. The van der Waals surface area contributed by atoms with Crippen LogP contribution in [0.1, 0.15) is 47.9 Å². The number of nitrogens with one attached hydrogen (secondary N) is 1. The molecule has 0 aromatic carbocycles. The Kier molecular flexibility index (Phi) is 5.35. The van der Waals surface area contributed by atoms with Crippen LogP contribution < -0.4 is 5.32 Å². The molecule has 24 heavy (non-hydrogen) atoms. The Balaban J connectivity index is 1.68. The molecule has 6 heteroatoms. The van der Waals surface area contributed by atoms with Crippen molar-refractivity contribution < 1.29 is 4.79 Å². The molecular weight excluding hydrogens is 302 g/mol. The van der Waals surface area contributed by atoms with E-state index in [1.165, 1.54) is 18.5 Å². The minimum Gasteiger partial charge on any atom is -0.354 e. The number of likely N-dealkylation sites (tertiary alicyclic amines) is 1. The minimum atomic E-state index is -0.0220. The van der Waals surface area contributed by atoms with Crippen LogP contribution in [0, 0.1) is 0 Å². The van der Waals surface area contributed by atoms with Gasteiger partial charge in [0.2, 0.25) is 0 Å². The van der Waals surface area contributed by atoms with Gasteiger partial charge < -0.3 is 14.5 Å². The summed E-state index contributed by atoms with van der Waals surface area (Å²) in [5, 5.41) is 2.72. The van der Waals surface area contributed by atoms with E-state index in [1.807, 2.05) is 31.8 Å². The summed E-state index contributed by atoms with van der Waals surface area (Å²) >= 11 is 0. The van der Waals surface area contributed by atoms with Gasteiger partial charge in [-0.3, -0.25) is 9.69 Å². The van der Waals surface area contributed by atoms with Crippen molar-refractivity contribution in [2.24, 2.45) is 7.05 Å². The Morgan fingerprint density at radius 3 is 2.96 bits per heavy atom. The molecule has 3 heterocycles. The maximum atomic E-state index is 12.0. The Bertz CT molecular complexity index is 661. The Labute approximate surface area is 143 Å². The van der Waals surface area contributed by atoms with Crippen molar-refractivity contribution >= 4 is 5.91 Å². The standard InChI is InChI=1S/C18H27N5O/c1-19-18(24)17-8-7-15(21(17)2)16-6-3-4-11-23(16)12-5-10-22-13-9-20-14-22/h7-9,13-14,16H,3-6,10-12H2,1-2H3,(H,19,24). The van der Waals surface area contributed by atoms with E-state index < -0.39 is 0 Å². The summed E-state index contributed by atoms with van der Waals surface area (Å²) in [5.41, 5.74) is 1.98. The second-order valence-corrected chi connectivity index (χ2v) is 6.48. The van der Waals surface area contributed by atoms with Gasteiger partial charge in [0.15, 0.2) is 0 Å². The SMILES string of the molecule is CNC(=O)c1ccc(C2CCCCN2CCCn2ccnc2)n1C. The lowest BCUT2D eigenvalue weighted by Gasteiger charge is -2.36. The predicted molar refractivity (Wildman–Crippen MR) is 93.8 cm³/mol. The van der Waals surface area contributed by atoms with Gasteiger partial charge in [-0.15, -0.1) is 0 Å². The van der Waals surface area contributed by atoms with E-state index in [9.17, 15) is 4.79 Å². The minimum absolute atomic E-state index is 0.0220. The highest BCUT2D eigenvalue weighted by Gasteiger charge is 2.26. The number of aromatic nitrogens is 3. The van der Waals surface area contributed by atoms with Crippen LogP contribution in [0.25, 0.3) is 0 Å². The number of carbonyl (C=O) groups is 1. The largest absolute Gasteiger partial charge is 0.354 e. The second-order valence-electron chi connectivity index (χ2n) is 6.48. The molecule has 1 unspecified atom stereocenters. The molecule has 1 aliphatic rings. The van der Waals surface area contributed by atoms with E-state index in [0.717, 1.165) is 38.2 Å². The highest BCUT2D eigenvalue weighted by Crippen LogP contribution is 2.31. The molecule has 3 rings (SSSR count). The summed E-state index contributed by atoms with van der Waals surface area (Å²) < 4.78 is 4.18. The van der Waals surface area contributed by atoms with Crippen molar-refractivity contribution in [3.8, 4) is 0 Å². The number of rotatable bonds is 6. The fourth-order valence-electron chi connectivity index (χ4n) is 3.69. The number of hydrogen-bond donors (Lipinski definition) is 1. The number of piperidine rings is 1. The molecule has 0 radical (unpaired) electrons. The van der Waals surface area contributed by atoms with E-state index in [4.69, 9.17) is 0 Å². The van der Waals surface area contributed by atoms with Gasteiger partial charge in [0, 0.05) is 45.3 Å². The van der Waals surface area contributed by atoms with Crippen LogP contribution in [0.2, 0.25) is 0 Å². The molecule has 130 valence electrons. The van der Waals surface area contributed by atoms with Crippen molar-refractivity contribution in [2.45, 2.75) is 38.3 Å². The molecule has 1 N–H and O–H groups in total. The lowest BCUT2D eigenvalue weighted by Crippen LogP contribution is -2.35. The van der Waals surface area contributed by atoms with Crippen LogP contribution in [0.4, 0.5) is 0 Å². The summed E-state index contributed by atoms with van der Waals surface area (Å²) in [7, 11) is 3.68. The third-order valence-corrected chi connectivity index (χ3v) is 5.00. The lowest BCUT2D eigenvalue weighted by molar-refractivity contribution is 0.0952. The zero-order valence-corrected chi connectivity index (χ0v) is 14.6. The average molecular weight is 329 g/mol. The molecule has 6 nitrogen and oxygen atoms in total. The average Bonchev–Trinajstić information content (AvgIpc) is 3.24. The summed E-state index contributed by atoms with van der Waals surface area (Å²) in [6.45, 7) is 3.21. The molecule has 1 atom stereocenters. The monoisotopic (exact) mass is 329 g/mol. The van der Waals surface area contributed by atoms with Gasteiger partial charge >= 0.3 is 0 Å². The number of imidazole rings is 1. The van der Waals surface area contributed by atoms with Crippen molar-refractivity contribution in [3.63, 3.8) is 0 Å². The van der Waals surface area contributed by atoms with Gasteiger partial charge in [-0.05, 0) is 37.9 Å². The van der Waals surface area contributed by atoms with E-state index in [-0.39, 0.29) is 5.91 Å². The molecule has 0 saturated carbocycles. The summed E-state index contributed by atoms with van der Waals surface area (Å²) in [4.78, 5) is 18.6. The van der Waals surface area contributed by atoms with Crippen LogP contribution in [0.15, 0.2) is 30.9 Å². The first-order valence-corrected chi connectivity index (χ1v) is 8.78. The van der Waals surface area contributed by atoms with Crippen molar-refractivity contribution in [1.82, 2.24) is 24.3 Å². The smallest absolute Gasteiger partial charge is 0.267 e. The Morgan fingerprint density at radius 1 is 1.33 bits per heavy atom. The Hall–Kier alpha value is -2.08. The predicted octanol–water partition coefficient (Wildman–Crippen LogP) is 2.20. The van der Waals surface area contributed by atoms with Gasteiger partial charge in [-0.2, -0.15) is 0 Å². The van der Waals surface area contributed by atoms with E-state index in [2.05, 4.69) is 30.4 Å².